The molecule has 0 aromatic rings. The number of aliphatic hydroxyl groups excluding tert-OH is 1. The van der Waals surface area contributed by atoms with Crippen molar-refractivity contribution in [1.82, 2.24) is 0 Å². The van der Waals surface area contributed by atoms with Crippen molar-refractivity contribution in [2.45, 2.75) is 45.3 Å². The number of carbonyl (C=O) groups is 2. The molecule has 1 unspecified atom stereocenters. The van der Waals surface area contributed by atoms with Gasteiger partial charge in [0.05, 0.1) is 12.5 Å². The SMILES string of the molecule is C=CC(=O)OCC(O)CC(=O)OC(C)(C)CC. The zero-order valence-electron chi connectivity index (χ0n) is 10.6. The fraction of sp³-hybridized carbons (Fsp3) is 0.667. The van der Waals surface area contributed by atoms with E-state index in [0.717, 1.165) is 6.08 Å². The average molecular weight is 244 g/mol. The van der Waals surface area contributed by atoms with Gasteiger partial charge in [-0.2, -0.15) is 0 Å². The molecule has 0 saturated carbocycles. The van der Waals surface area contributed by atoms with Crippen LogP contribution in [-0.4, -0.2) is 35.4 Å². The highest BCUT2D eigenvalue weighted by Gasteiger charge is 2.22. The Balaban J connectivity index is 3.96. The molecule has 0 saturated heterocycles. The van der Waals surface area contributed by atoms with Crippen LogP contribution in [0.2, 0.25) is 0 Å². The first-order valence-corrected chi connectivity index (χ1v) is 5.50. The Morgan fingerprint density at radius 2 is 2.06 bits per heavy atom. The number of hydrogen-bond donors (Lipinski definition) is 1. The van der Waals surface area contributed by atoms with E-state index >= 15 is 0 Å². The van der Waals surface area contributed by atoms with Gasteiger partial charge in [0.25, 0.3) is 0 Å². The van der Waals surface area contributed by atoms with Crippen molar-refractivity contribution in [3.05, 3.63) is 12.7 Å². The summed E-state index contributed by atoms with van der Waals surface area (Å²) in [6, 6.07) is 0. The van der Waals surface area contributed by atoms with Crippen molar-refractivity contribution in [3.63, 3.8) is 0 Å². The summed E-state index contributed by atoms with van der Waals surface area (Å²) >= 11 is 0. The molecule has 0 aromatic heterocycles. The maximum absolute atomic E-state index is 11.4. The van der Waals surface area contributed by atoms with Crippen LogP contribution in [0.25, 0.3) is 0 Å². The lowest BCUT2D eigenvalue weighted by molar-refractivity contribution is -0.161. The lowest BCUT2D eigenvalue weighted by Crippen LogP contribution is -2.30. The van der Waals surface area contributed by atoms with Gasteiger partial charge in [0.15, 0.2) is 0 Å². The molecular weight excluding hydrogens is 224 g/mol. The first kappa shape index (κ1) is 15.6. The molecule has 1 atom stereocenters. The van der Waals surface area contributed by atoms with E-state index in [4.69, 9.17) is 4.74 Å². The van der Waals surface area contributed by atoms with Crippen molar-refractivity contribution in [2.75, 3.05) is 6.61 Å². The fourth-order valence-electron chi connectivity index (χ4n) is 0.911. The standard InChI is InChI=1S/C12H20O5/c1-5-10(14)16-8-9(13)7-11(15)17-12(3,4)6-2/h5,9,13H,1,6-8H2,2-4H3. The molecule has 0 fully saturated rings. The van der Waals surface area contributed by atoms with Crippen LogP contribution in [0.5, 0.6) is 0 Å². The summed E-state index contributed by atoms with van der Waals surface area (Å²) in [5.41, 5.74) is -0.547. The Hall–Kier alpha value is -1.36. The largest absolute Gasteiger partial charge is 0.460 e. The normalized spacial score (nSPS) is 12.7. The molecule has 0 aliphatic carbocycles. The summed E-state index contributed by atoms with van der Waals surface area (Å²) in [5.74, 6) is -1.15. The lowest BCUT2D eigenvalue weighted by Gasteiger charge is -2.23. The molecule has 0 heterocycles. The number of hydrogen-bond acceptors (Lipinski definition) is 5. The summed E-state index contributed by atoms with van der Waals surface area (Å²) in [6.45, 7) is 8.44. The van der Waals surface area contributed by atoms with E-state index in [1.807, 2.05) is 6.92 Å². The summed E-state index contributed by atoms with van der Waals surface area (Å²) in [7, 11) is 0. The molecule has 0 aliphatic rings. The number of esters is 2. The summed E-state index contributed by atoms with van der Waals surface area (Å²) in [5, 5.41) is 9.42. The zero-order valence-corrected chi connectivity index (χ0v) is 10.6. The van der Waals surface area contributed by atoms with Gasteiger partial charge in [-0.05, 0) is 20.3 Å². The van der Waals surface area contributed by atoms with Crippen LogP contribution in [0.4, 0.5) is 0 Å². The molecule has 0 aromatic carbocycles. The van der Waals surface area contributed by atoms with Crippen molar-refractivity contribution in [3.8, 4) is 0 Å². The fourth-order valence-corrected chi connectivity index (χ4v) is 0.911. The van der Waals surface area contributed by atoms with Crippen LogP contribution in [0, 0.1) is 0 Å². The minimum atomic E-state index is -1.06. The quantitative estimate of drug-likeness (QED) is 0.538. The van der Waals surface area contributed by atoms with Crippen LogP contribution < -0.4 is 0 Å². The van der Waals surface area contributed by atoms with Gasteiger partial charge >= 0.3 is 11.9 Å². The molecule has 1 N–H and O–H groups in total. The van der Waals surface area contributed by atoms with Crippen molar-refractivity contribution in [2.24, 2.45) is 0 Å². The predicted octanol–water partition coefficient (Wildman–Crippen LogP) is 1.20. The third-order valence-corrected chi connectivity index (χ3v) is 2.23. The molecule has 5 nitrogen and oxygen atoms in total. The van der Waals surface area contributed by atoms with Gasteiger partial charge in [-0.3, -0.25) is 4.79 Å². The van der Waals surface area contributed by atoms with E-state index in [1.54, 1.807) is 13.8 Å². The first-order valence-electron chi connectivity index (χ1n) is 5.50. The summed E-state index contributed by atoms with van der Waals surface area (Å²) < 4.78 is 9.73. The van der Waals surface area contributed by atoms with E-state index in [1.165, 1.54) is 0 Å². The molecule has 98 valence electrons. The Morgan fingerprint density at radius 3 is 2.53 bits per heavy atom. The maximum atomic E-state index is 11.4. The second-order valence-corrected chi connectivity index (χ2v) is 4.28. The van der Waals surface area contributed by atoms with Crippen LogP contribution in [-0.2, 0) is 19.1 Å². The summed E-state index contributed by atoms with van der Waals surface area (Å²) in [4.78, 5) is 22.1. The number of rotatable bonds is 7. The highest BCUT2D eigenvalue weighted by molar-refractivity contribution is 5.81. The van der Waals surface area contributed by atoms with E-state index in [9.17, 15) is 14.7 Å². The Kier molecular flexibility index (Phi) is 6.50. The number of carbonyl (C=O) groups excluding carboxylic acids is 2. The first-order chi connectivity index (χ1) is 7.80. The van der Waals surface area contributed by atoms with Crippen LogP contribution >= 0.6 is 0 Å². The molecule has 0 spiro atoms. The molecule has 0 aliphatic heterocycles. The van der Waals surface area contributed by atoms with Crippen molar-refractivity contribution in [1.29, 1.82) is 0 Å². The predicted molar refractivity (Wildman–Crippen MR) is 62.2 cm³/mol. The lowest BCUT2D eigenvalue weighted by atomic mass is 10.1. The second kappa shape index (κ2) is 7.06. The Labute approximate surface area is 101 Å². The van der Waals surface area contributed by atoms with Crippen molar-refractivity contribution >= 4 is 11.9 Å². The molecule has 0 rings (SSSR count). The van der Waals surface area contributed by atoms with Crippen LogP contribution in [0.1, 0.15) is 33.6 Å². The van der Waals surface area contributed by atoms with Crippen molar-refractivity contribution < 1.29 is 24.2 Å². The van der Waals surface area contributed by atoms with E-state index in [0.29, 0.717) is 6.42 Å². The number of ether oxygens (including phenoxy) is 2. The molecule has 17 heavy (non-hydrogen) atoms. The smallest absolute Gasteiger partial charge is 0.330 e. The second-order valence-electron chi connectivity index (χ2n) is 4.28. The number of aliphatic hydroxyl groups is 1. The van der Waals surface area contributed by atoms with E-state index in [2.05, 4.69) is 11.3 Å². The van der Waals surface area contributed by atoms with Gasteiger partial charge < -0.3 is 14.6 Å². The minimum Gasteiger partial charge on any atom is -0.460 e. The molecule has 0 amide bonds. The van der Waals surface area contributed by atoms with Gasteiger partial charge in [0, 0.05) is 6.08 Å². The Morgan fingerprint density at radius 1 is 1.47 bits per heavy atom. The van der Waals surface area contributed by atoms with E-state index < -0.39 is 23.6 Å². The monoisotopic (exact) mass is 244 g/mol. The zero-order chi connectivity index (χ0) is 13.5. The Bertz CT molecular complexity index is 283. The van der Waals surface area contributed by atoms with Gasteiger partial charge in [0.1, 0.15) is 12.2 Å². The molecular formula is C12H20O5. The van der Waals surface area contributed by atoms with Gasteiger partial charge in [-0.1, -0.05) is 13.5 Å². The third-order valence-electron chi connectivity index (χ3n) is 2.23. The molecule has 0 radical (unpaired) electrons. The molecule has 5 heteroatoms. The highest BCUT2D eigenvalue weighted by atomic mass is 16.6. The van der Waals surface area contributed by atoms with Crippen LogP contribution in [0.3, 0.4) is 0 Å². The van der Waals surface area contributed by atoms with Crippen LogP contribution in [0.15, 0.2) is 12.7 Å². The third kappa shape index (κ3) is 7.52. The topological polar surface area (TPSA) is 72.8 Å². The molecule has 0 bridgehead atoms. The van der Waals surface area contributed by atoms with Gasteiger partial charge in [-0.25, -0.2) is 4.79 Å². The maximum Gasteiger partial charge on any atom is 0.330 e. The van der Waals surface area contributed by atoms with E-state index in [-0.39, 0.29) is 13.0 Å². The van der Waals surface area contributed by atoms with Gasteiger partial charge in [0.2, 0.25) is 0 Å². The average Bonchev–Trinajstić information content (AvgIpc) is 2.24. The highest BCUT2D eigenvalue weighted by Crippen LogP contribution is 2.15. The van der Waals surface area contributed by atoms with Gasteiger partial charge in [-0.15, -0.1) is 0 Å². The summed E-state index contributed by atoms with van der Waals surface area (Å²) in [6.07, 6.45) is 0.415. The minimum absolute atomic E-state index is 0.201.